The molecular formula is C13H12BrNO3. The smallest absolute Gasteiger partial charge is 0.235 e. The van der Waals surface area contributed by atoms with Gasteiger partial charge in [0.15, 0.2) is 11.5 Å². The molecule has 1 aromatic carbocycles. The Kier molecular flexibility index (Phi) is 2.68. The first-order valence-corrected chi connectivity index (χ1v) is 6.65. The van der Waals surface area contributed by atoms with Gasteiger partial charge in [-0.2, -0.15) is 4.99 Å². The second kappa shape index (κ2) is 4.11. The highest BCUT2D eigenvalue weighted by molar-refractivity contribution is 9.10. The molecule has 0 aromatic heterocycles. The molecule has 1 aliphatic carbocycles. The van der Waals surface area contributed by atoms with Crippen molar-refractivity contribution in [1.29, 1.82) is 0 Å². The van der Waals surface area contributed by atoms with E-state index in [1.54, 1.807) is 6.08 Å². The molecule has 1 fully saturated rings. The van der Waals surface area contributed by atoms with Crippen LogP contribution < -0.4 is 9.47 Å². The fourth-order valence-electron chi connectivity index (χ4n) is 2.31. The van der Waals surface area contributed by atoms with E-state index in [4.69, 9.17) is 9.47 Å². The predicted molar refractivity (Wildman–Crippen MR) is 68.9 cm³/mol. The number of benzene rings is 1. The maximum Gasteiger partial charge on any atom is 0.235 e. The third kappa shape index (κ3) is 1.66. The van der Waals surface area contributed by atoms with E-state index < -0.39 is 5.54 Å². The van der Waals surface area contributed by atoms with Crippen LogP contribution in [-0.4, -0.2) is 19.3 Å². The molecule has 0 bridgehead atoms. The van der Waals surface area contributed by atoms with Gasteiger partial charge in [-0.15, -0.1) is 0 Å². The zero-order valence-corrected chi connectivity index (χ0v) is 11.5. The Morgan fingerprint density at radius 3 is 2.78 bits per heavy atom. The SMILES string of the molecule is Cc1c(Br)c(C2(N=C=O)CC2)cc2c1OCCO2. The van der Waals surface area contributed by atoms with Crippen LogP contribution in [0.5, 0.6) is 11.5 Å². The number of isocyanates is 1. The van der Waals surface area contributed by atoms with Crippen LogP contribution in [0.25, 0.3) is 0 Å². The highest BCUT2D eigenvalue weighted by Crippen LogP contribution is 2.54. The zero-order valence-electron chi connectivity index (χ0n) is 9.96. The van der Waals surface area contributed by atoms with Crippen LogP contribution in [0.2, 0.25) is 0 Å². The molecule has 0 spiro atoms. The Bertz CT molecular complexity index is 560. The maximum atomic E-state index is 10.6. The summed E-state index contributed by atoms with van der Waals surface area (Å²) >= 11 is 3.58. The van der Waals surface area contributed by atoms with Crippen molar-refractivity contribution in [2.24, 2.45) is 4.99 Å². The number of nitrogens with zero attached hydrogens (tertiary/aromatic N) is 1. The Hall–Kier alpha value is -1.32. The molecule has 1 heterocycles. The predicted octanol–water partition coefficient (Wildman–Crippen LogP) is 2.85. The first kappa shape index (κ1) is 11.8. The molecule has 18 heavy (non-hydrogen) atoms. The molecule has 3 rings (SSSR count). The standard InChI is InChI=1S/C13H12BrNO3/c1-8-11(14)9(13(2-3-13)15-7-16)6-10-12(8)18-5-4-17-10/h6H,2-5H2,1H3. The third-order valence-electron chi connectivity index (χ3n) is 3.48. The van der Waals surface area contributed by atoms with E-state index in [9.17, 15) is 4.79 Å². The zero-order chi connectivity index (χ0) is 12.8. The highest BCUT2D eigenvalue weighted by atomic mass is 79.9. The maximum absolute atomic E-state index is 10.6. The van der Waals surface area contributed by atoms with Gasteiger partial charge >= 0.3 is 0 Å². The Labute approximate surface area is 113 Å². The molecule has 1 aromatic rings. The van der Waals surface area contributed by atoms with E-state index in [0.717, 1.165) is 39.9 Å². The van der Waals surface area contributed by atoms with Crippen molar-refractivity contribution in [1.82, 2.24) is 0 Å². The molecule has 0 N–H and O–H groups in total. The van der Waals surface area contributed by atoms with Crippen molar-refractivity contribution in [2.75, 3.05) is 13.2 Å². The van der Waals surface area contributed by atoms with E-state index in [0.29, 0.717) is 13.2 Å². The minimum absolute atomic E-state index is 0.402. The van der Waals surface area contributed by atoms with Gasteiger partial charge in [0, 0.05) is 10.0 Å². The summed E-state index contributed by atoms with van der Waals surface area (Å²) in [6.07, 6.45) is 3.43. The number of ether oxygens (including phenoxy) is 2. The van der Waals surface area contributed by atoms with Crippen LogP contribution in [0, 0.1) is 6.92 Å². The number of rotatable bonds is 2. The first-order valence-electron chi connectivity index (χ1n) is 5.86. The van der Waals surface area contributed by atoms with Crippen LogP contribution in [0.15, 0.2) is 15.5 Å². The van der Waals surface area contributed by atoms with E-state index in [2.05, 4.69) is 20.9 Å². The lowest BCUT2D eigenvalue weighted by Crippen LogP contribution is -2.17. The van der Waals surface area contributed by atoms with Crippen molar-refractivity contribution in [3.05, 3.63) is 21.7 Å². The van der Waals surface area contributed by atoms with Crippen LogP contribution in [0.1, 0.15) is 24.0 Å². The summed E-state index contributed by atoms with van der Waals surface area (Å²) in [6, 6.07) is 1.93. The van der Waals surface area contributed by atoms with Gasteiger partial charge in [-0.3, -0.25) is 0 Å². The van der Waals surface area contributed by atoms with Gasteiger partial charge in [0.2, 0.25) is 6.08 Å². The van der Waals surface area contributed by atoms with E-state index in [1.807, 2.05) is 13.0 Å². The average molecular weight is 310 g/mol. The Balaban J connectivity index is 2.16. The summed E-state index contributed by atoms with van der Waals surface area (Å²) in [7, 11) is 0. The van der Waals surface area contributed by atoms with Crippen LogP contribution in [0.4, 0.5) is 0 Å². The molecule has 5 heteroatoms. The normalized spacial score (nSPS) is 19.0. The highest BCUT2D eigenvalue weighted by Gasteiger charge is 2.47. The van der Waals surface area contributed by atoms with Gasteiger partial charge in [0.05, 0.1) is 5.54 Å². The number of hydrogen-bond donors (Lipinski definition) is 0. The van der Waals surface area contributed by atoms with E-state index >= 15 is 0 Å². The minimum Gasteiger partial charge on any atom is -0.486 e. The van der Waals surface area contributed by atoms with Gasteiger partial charge in [-0.05, 0) is 31.4 Å². The third-order valence-corrected chi connectivity index (χ3v) is 4.50. The second-order valence-electron chi connectivity index (χ2n) is 4.62. The lowest BCUT2D eigenvalue weighted by molar-refractivity contribution is 0.170. The van der Waals surface area contributed by atoms with Gasteiger partial charge < -0.3 is 9.47 Å². The van der Waals surface area contributed by atoms with Gasteiger partial charge in [0.25, 0.3) is 0 Å². The molecule has 0 radical (unpaired) electrons. The number of halogens is 1. The molecule has 0 atom stereocenters. The monoisotopic (exact) mass is 309 g/mol. The summed E-state index contributed by atoms with van der Waals surface area (Å²) in [5, 5.41) is 0. The molecule has 1 aliphatic heterocycles. The number of carbonyl (C=O) groups excluding carboxylic acids is 1. The molecule has 0 saturated heterocycles. The van der Waals surface area contributed by atoms with Gasteiger partial charge in [-0.25, -0.2) is 4.79 Å². The molecule has 0 unspecified atom stereocenters. The van der Waals surface area contributed by atoms with Crippen molar-refractivity contribution < 1.29 is 14.3 Å². The van der Waals surface area contributed by atoms with Crippen molar-refractivity contribution in [2.45, 2.75) is 25.3 Å². The lowest BCUT2D eigenvalue weighted by Gasteiger charge is -2.24. The molecule has 94 valence electrons. The van der Waals surface area contributed by atoms with E-state index in [-0.39, 0.29) is 0 Å². The van der Waals surface area contributed by atoms with Crippen LogP contribution in [0.3, 0.4) is 0 Å². The number of hydrogen-bond acceptors (Lipinski definition) is 4. The quantitative estimate of drug-likeness (QED) is 0.623. The average Bonchev–Trinajstić information content (AvgIpc) is 3.15. The molecular weight excluding hydrogens is 298 g/mol. The summed E-state index contributed by atoms with van der Waals surface area (Å²) in [6.45, 7) is 3.09. The largest absolute Gasteiger partial charge is 0.486 e. The number of aliphatic imine (C=N–C) groups is 1. The summed E-state index contributed by atoms with van der Waals surface area (Å²) in [4.78, 5) is 14.5. The lowest BCUT2D eigenvalue weighted by atomic mass is 10.0. The Morgan fingerprint density at radius 1 is 1.39 bits per heavy atom. The minimum atomic E-state index is -0.402. The van der Waals surface area contributed by atoms with Crippen molar-refractivity contribution in [3.63, 3.8) is 0 Å². The van der Waals surface area contributed by atoms with Gasteiger partial charge in [-0.1, -0.05) is 15.9 Å². The fourth-order valence-corrected chi connectivity index (χ4v) is 2.98. The molecule has 1 saturated carbocycles. The second-order valence-corrected chi connectivity index (χ2v) is 5.41. The van der Waals surface area contributed by atoms with E-state index in [1.165, 1.54) is 0 Å². The molecule has 2 aliphatic rings. The summed E-state index contributed by atoms with van der Waals surface area (Å²) in [5.74, 6) is 1.52. The van der Waals surface area contributed by atoms with Crippen molar-refractivity contribution >= 4 is 22.0 Å². The van der Waals surface area contributed by atoms with Crippen molar-refractivity contribution in [3.8, 4) is 11.5 Å². The van der Waals surface area contributed by atoms with Crippen LogP contribution >= 0.6 is 15.9 Å². The summed E-state index contributed by atoms with van der Waals surface area (Å²) in [5.41, 5.74) is 1.59. The molecule has 0 amide bonds. The Morgan fingerprint density at radius 2 is 2.11 bits per heavy atom. The van der Waals surface area contributed by atoms with Gasteiger partial charge in [0.1, 0.15) is 13.2 Å². The fraction of sp³-hybridized carbons (Fsp3) is 0.462. The first-order chi connectivity index (χ1) is 8.68. The number of fused-ring (bicyclic) bond motifs is 1. The topological polar surface area (TPSA) is 47.9 Å². The van der Waals surface area contributed by atoms with Crippen LogP contribution in [-0.2, 0) is 10.3 Å². The summed E-state index contributed by atoms with van der Waals surface area (Å²) < 4.78 is 12.2. The molecule has 4 nitrogen and oxygen atoms in total.